The van der Waals surface area contributed by atoms with Gasteiger partial charge in [0.1, 0.15) is 12.0 Å². The molecule has 2 heterocycles. The fourth-order valence-corrected chi connectivity index (χ4v) is 1.51. The third kappa shape index (κ3) is 3.14. The summed E-state index contributed by atoms with van der Waals surface area (Å²) in [5.41, 5.74) is 1.59. The molecule has 2 aromatic heterocycles. The molecule has 0 bridgehead atoms. The fraction of sp³-hybridized carbons (Fsp3) is 0.545. The van der Waals surface area contributed by atoms with Gasteiger partial charge in [-0.3, -0.25) is 0 Å². The van der Waals surface area contributed by atoms with Gasteiger partial charge in [-0.15, -0.1) is 5.10 Å². The van der Waals surface area contributed by atoms with E-state index in [4.69, 9.17) is 14.0 Å². The van der Waals surface area contributed by atoms with Gasteiger partial charge in [-0.05, 0) is 13.8 Å². The number of aromatic nitrogens is 4. The summed E-state index contributed by atoms with van der Waals surface area (Å²) >= 11 is 0. The van der Waals surface area contributed by atoms with Crippen LogP contribution in [0.3, 0.4) is 0 Å². The molecule has 98 valence electrons. The van der Waals surface area contributed by atoms with E-state index in [0.29, 0.717) is 25.5 Å². The van der Waals surface area contributed by atoms with Gasteiger partial charge in [-0.2, -0.15) is 0 Å². The van der Waals surface area contributed by atoms with Gasteiger partial charge in [0.2, 0.25) is 6.29 Å². The first kappa shape index (κ1) is 12.7. The lowest BCUT2D eigenvalue weighted by Gasteiger charge is -2.13. The van der Waals surface area contributed by atoms with Gasteiger partial charge >= 0.3 is 0 Å². The van der Waals surface area contributed by atoms with Crippen molar-refractivity contribution in [1.82, 2.24) is 20.2 Å². The summed E-state index contributed by atoms with van der Waals surface area (Å²) in [5.74, 6) is 0. The third-order valence-corrected chi connectivity index (χ3v) is 2.26. The Balaban J connectivity index is 2.03. The van der Waals surface area contributed by atoms with Crippen molar-refractivity contribution in [3.8, 4) is 0 Å². The standard InChI is InChI=1S/C11H16N4O3/c1-3-16-11(17-4-2)10-7-15(14-13-10)6-9-5-12-18-8-9/h5,7-8,11H,3-4,6H2,1-2H3. The molecule has 7 heteroatoms. The summed E-state index contributed by atoms with van der Waals surface area (Å²) in [6, 6.07) is 0. The van der Waals surface area contributed by atoms with Crippen LogP contribution in [0, 0.1) is 0 Å². The molecule has 7 nitrogen and oxygen atoms in total. The van der Waals surface area contributed by atoms with Crippen LogP contribution in [0.5, 0.6) is 0 Å². The minimum atomic E-state index is -0.462. The molecule has 0 aromatic carbocycles. The summed E-state index contributed by atoms with van der Waals surface area (Å²) in [7, 11) is 0. The van der Waals surface area contributed by atoms with Gasteiger partial charge in [0.25, 0.3) is 0 Å². The van der Waals surface area contributed by atoms with E-state index < -0.39 is 6.29 Å². The average molecular weight is 252 g/mol. The van der Waals surface area contributed by atoms with Gasteiger partial charge < -0.3 is 14.0 Å². The number of nitrogens with zero attached hydrogens (tertiary/aromatic N) is 4. The zero-order chi connectivity index (χ0) is 12.8. The summed E-state index contributed by atoms with van der Waals surface area (Å²) in [4.78, 5) is 0. The topological polar surface area (TPSA) is 75.2 Å². The summed E-state index contributed by atoms with van der Waals surface area (Å²) in [6.07, 6.45) is 4.55. The first-order chi connectivity index (χ1) is 8.83. The molecule has 0 fully saturated rings. The van der Waals surface area contributed by atoms with Crippen LogP contribution in [-0.2, 0) is 16.0 Å². The van der Waals surface area contributed by atoms with E-state index >= 15 is 0 Å². The molecule has 0 unspecified atom stereocenters. The number of hydrogen-bond donors (Lipinski definition) is 0. The number of rotatable bonds is 7. The highest BCUT2D eigenvalue weighted by Gasteiger charge is 2.15. The highest BCUT2D eigenvalue weighted by atomic mass is 16.7. The molecule has 0 atom stereocenters. The Kier molecular flexibility index (Phi) is 4.43. The molecule has 2 aromatic rings. The van der Waals surface area contributed by atoms with E-state index in [1.54, 1.807) is 23.3 Å². The number of hydrogen-bond acceptors (Lipinski definition) is 6. The van der Waals surface area contributed by atoms with Crippen LogP contribution in [-0.4, -0.2) is 33.4 Å². The van der Waals surface area contributed by atoms with Crippen molar-refractivity contribution < 1.29 is 14.0 Å². The van der Waals surface area contributed by atoms with E-state index in [2.05, 4.69) is 15.5 Å². The van der Waals surface area contributed by atoms with E-state index in [1.165, 1.54) is 0 Å². The second-order valence-electron chi connectivity index (χ2n) is 3.62. The molecule has 18 heavy (non-hydrogen) atoms. The highest BCUT2D eigenvalue weighted by molar-refractivity contribution is 5.02. The van der Waals surface area contributed by atoms with Crippen LogP contribution in [0.2, 0.25) is 0 Å². The molecule has 0 radical (unpaired) electrons. The molecule has 0 spiro atoms. The SMILES string of the molecule is CCOC(OCC)c1cn(Cc2cnoc2)nn1. The molecule has 0 saturated heterocycles. The van der Waals surface area contributed by atoms with Crippen molar-refractivity contribution in [2.24, 2.45) is 0 Å². The lowest BCUT2D eigenvalue weighted by atomic mass is 10.4. The van der Waals surface area contributed by atoms with Gasteiger partial charge in [0, 0.05) is 18.8 Å². The summed E-state index contributed by atoms with van der Waals surface area (Å²) in [6.45, 7) is 5.50. The average Bonchev–Trinajstić information content (AvgIpc) is 3.01. The zero-order valence-electron chi connectivity index (χ0n) is 10.4. The smallest absolute Gasteiger partial charge is 0.204 e. The minimum Gasteiger partial charge on any atom is -0.364 e. The second-order valence-corrected chi connectivity index (χ2v) is 3.62. The quantitative estimate of drug-likeness (QED) is 0.693. The third-order valence-electron chi connectivity index (χ3n) is 2.26. The van der Waals surface area contributed by atoms with Crippen LogP contribution in [0.25, 0.3) is 0 Å². The maximum atomic E-state index is 5.45. The molecule has 0 saturated carbocycles. The number of ether oxygens (including phenoxy) is 2. The van der Waals surface area contributed by atoms with Gasteiger partial charge in [0.15, 0.2) is 0 Å². The lowest BCUT2D eigenvalue weighted by Crippen LogP contribution is -2.09. The predicted octanol–water partition coefficient (Wildman–Crippen LogP) is 1.39. The molecule has 0 aliphatic rings. The van der Waals surface area contributed by atoms with E-state index in [0.717, 1.165) is 5.56 Å². The molecular formula is C11H16N4O3. The Hall–Kier alpha value is -1.73. The largest absolute Gasteiger partial charge is 0.364 e. The summed E-state index contributed by atoms with van der Waals surface area (Å²) in [5, 5.41) is 11.7. The van der Waals surface area contributed by atoms with Crippen molar-refractivity contribution >= 4 is 0 Å². The van der Waals surface area contributed by atoms with Crippen LogP contribution in [0.4, 0.5) is 0 Å². The highest BCUT2D eigenvalue weighted by Crippen LogP contribution is 2.16. The predicted molar refractivity (Wildman–Crippen MR) is 61.6 cm³/mol. The van der Waals surface area contributed by atoms with Gasteiger partial charge in [0.05, 0.1) is 18.9 Å². The van der Waals surface area contributed by atoms with Gasteiger partial charge in [-0.25, -0.2) is 4.68 Å². The second kappa shape index (κ2) is 6.27. The Bertz CT molecular complexity index is 449. The maximum Gasteiger partial charge on any atom is 0.204 e. The molecule has 0 amide bonds. The zero-order valence-corrected chi connectivity index (χ0v) is 10.4. The molecule has 0 N–H and O–H groups in total. The monoisotopic (exact) mass is 252 g/mol. The Morgan fingerprint density at radius 1 is 1.33 bits per heavy atom. The van der Waals surface area contributed by atoms with Gasteiger partial charge in [-0.1, -0.05) is 10.4 Å². The van der Waals surface area contributed by atoms with E-state index in [1.807, 2.05) is 13.8 Å². The molecule has 0 aliphatic carbocycles. The molecule has 0 aliphatic heterocycles. The van der Waals surface area contributed by atoms with Crippen LogP contribution < -0.4 is 0 Å². The van der Waals surface area contributed by atoms with E-state index in [9.17, 15) is 0 Å². The van der Waals surface area contributed by atoms with Crippen molar-refractivity contribution in [3.63, 3.8) is 0 Å². The van der Waals surface area contributed by atoms with Crippen LogP contribution >= 0.6 is 0 Å². The van der Waals surface area contributed by atoms with Crippen molar-refractivity contribution in [2.75, 3.05) is 13.2 Å². The lowest BCUT2D eigenvalue weighted by molar-refractivity contribution is -0.142. The Labute approximate surface area is 105 Å². The first-order valence-corrected chi connectivity index (χ1v) is 5.85. The molecule has 2 rings (SSSR count). The normalized spacial score (nSPS) is 11.3. The Morgan fingerprint density at radius 3 is 2.72 bits per heavy atom. The summed E-state index contributed by atoms with van der Waals surface area (Å²) < 4.78 is 17.3. The van der Waals surface area contributed by atoms with Crippen molar-refractivity contribution in [2.45, 2.75) is 26.7 Å². The fourth-order valence-electron chi connectivity index (χ4n) is 1.51. The Morgan fingerprint density at radius 2 is 2.11 bits per heavy atom. The first-order valence-electron chi connectivity index (χ1n) is 5.85. The minimum absolute atomic E-state index is 0.462. The molecular weight excluding hydrogens is 236 g/mol. The van der Waals surface area contributed by atoms with Crippen molar-refractivity contribution in [1.29, 1.82) is 0 Å². The van der Waals surface area contributed by atoms with E-state index in [-0.39, 0.29) is 0 Å². The van der Waals surface area contributed by atoms with Crippen molar-refractivity contribution in [3.05, 3.63) is 29.9 Å². The van der Waals surface area contributed by atoms with Crippen LogP contribution in [0.15, 0.2) is 23.2 Å². The van der Waals surface area contributed by atoms with Crippen LogP contribution in [0.1, 0.15) is 31.4 Å². The maximum absolute atomic E-state index is 5.45.